The van der Waals surface area contributed by atoms with Crippen molar-refractivity contribution in [1.82, 2.24) is 25.5 Å². The summed E-state index contributed by atoms with van der Waals surface area (Å²) >= 11 is 0. The summed E-state index contributed by atoms with van der Waals surface area (Å²) in [6.07, 6.45) is 2.11. The van der Waals surface area contributed by atoms with E-state index in [-0.39, 0.29) is 18.5 Å². The molecule has 0 saturated carbocycles. The van der Waals surface area contributed by atoms with E-state index in [4.69, 9.17) is 9.05 Å². The Morgan fingerprint density at radius 1 is 1.38 bits per heavy atom. The molecule has 3 rings (SSSR count). The Morgan fingerprint density at radius 3 is 2.96 bits per heavy atom. The molecule has 0 aromatic carbocycles. The number of likely N-dealkylation sites (tertiary alicyclic amines) is 1. The number of piperidine rings is 1. The Kier molecular flexibility index (Phi) is 5.21. The molecule has 2 aromatic rings. The predicted octanol–water partition coefficient (Wildman–Crippen LogP) is 0.867. The van der Waals surface area contributed by atoms with Gasteiger partial charge in [-0.25, -0.2) is 0 Å². The summed E-state index contributed by atoms with van der Waals surface area (Å²) in [6, 6.07) is 1.95. The zero-order chi connectivity index (χ0) is 16.9. The van der Waals surface area contributed by atoms with Gasteiger partial charge in [-0.05, 0) is 26.3 Å². The number of aryl methyl sites for hydroxylation is 2. The van der Waals surface area contributed by atoms with Gasteiger partial charge in [-0.2, -0.15) is 4.98 Å². The fourth-order valence-electron chi connectivity index (χ4n) is 2.82. The van der Waals surface area contributed by atoms with Crippen LogP contribution in [0.25, 0.3) is 0 Å². The molecule has 24 heavy (non-hydrogen) atoms. The van der Waals surface area contributed by atoms with Crippen LogP contribution in [0.4, 0.5) is 5.82 Å². The van der Waals surface area contributed by atoms with Crippen molar-refractivity contribution in [1.29, 1.82) is 0 Å². The van der Waals surface area contributed by atoms with E-state index in [0.717, 1.165) is 25.9 Å². The second kappa shape index (κ2) is 7.54. The third-order valence-electron chi connectivity index (χ3n) is 3.89. The van der Waals surface area contributed by atoms with E-state index in [9.17, 15) is 4.79 Å². The van der Waals surface area contributed by atoms with Crippen LogP contribution in [0.3, 0.4) is 0 Å². The SMILES string of the molecule is Cc1cc(NC(=O)CN[C@H]2CCCN(Cc3noc(C)n3)C2)no1. The number of amides is 1. The first-order chi connectivity index (χ1) is 11.6. The zero-order valence-corrected chi connectivity index (χ0v) is 13.9. The Bertz CT molecular complexity index is 682. The summed E-state index contributed by atoms with van der Waals surface area (Å²) in [5, 5.41) is 13.7. The van der Waals surface area contributed by atoms with Crippen LogP contribution in [0.15, 0.2) is 15.1 Å². The second-order valence-electron chi connectivity index (χ2n) is 6.06. The molecule has 1 fully saturated rings. The molecular formula is C15H22N6O3. The van der Waals surface area contributed by atoms with Crippen LogP contribution in [-0.2, 0) is 11.3 Å². The van der Waals surface area contributed by atoms with Crippen molar-refractivity contribution in [3.8, 4) is 0 Å². The summed E-state index contributed by atoms with van der Waals surface area (Å²) < 4.78 is 9.92. The minimum Gasteiger partial charge on any atom is -0.360 e. The number of rotatable bonds is 6. The average Bonchev–Trinajstić information content (AvgIpc) is 3.14. The van der Waals surface area contributed by atoms with Crippen molar-refractivity contribution in [2.45, 2.75) is 39.3 Å². The highest BCUT2D eigenvalue weighted by Crippen LogP contribution is 2.13. The van der Waals surface area contributed by atoms with Crippen molar-refractivity contribution in [2.75, 3.05) is 25.0 Å². The molecule has 0 bridgehead atoms. The normalized spacial score (nSPS) is 18.7. The van der Waals surface area contributed by atoms with Crippen molar-refractivity contribution in [3.63, 3.8) is 0 Å². The molecule has 130 valence electrons. The quantitative estimate of drug-likeness (QED) is 0.801. The molecule has 1 amide bonds. The minimum atomic E-state index is -0.130. The van der Waals surface area contributed by atoms with Gasteiger partial charge in [-0.3, -0.25) is 9.69 Å². The molecule has 0 unspecified atom stereocenters. The number of aromatic nitrogens is 3. The fourth-order valence-corrected chi connectivity index (χ4v) is 2.82. The molecule has 0 radical (unpaired) electrons. The number of anilines is 1. The number of hydrogen-bond acceptors (Lipinski definition) is 8. The molecule has 0 aliphatic carbocycles. The van der Waals surface area contributed by atoms with Crippen molar-refractivity contribution in [3.05, 3.63) is 23.5 Å². The molecule has 2 aromatic heterocycles. The molecule has 9 heteroatoms. The van der Waals surface area contributed by atoms with Gasteiger partial charge in [0.1, 0.15) is 5.76 Å². The number of nitrogens with zero attached hydrogens (tertiary/aromatic N) is 4. The summed E-state index contributed by atoms with van der Waals surface area (Å²) in [4.78, 5) is 18.4. The highest BCUT2D eigenvalue weighted by atomic mass is 16.5. The average molecular weight is 334 g/mol. The van der Waals surface area contributed by atoms with Crippen LogP contribution in [0.1, 0.15) is 30.3 Å². The van der Waals surface area contributed by atoms with Gasteiger partial charge in [-0.15, -0.1) is 0 Å². The molecular weight excluding hydrogens is 312 g/mol. The number of carbonyl (C=O) groups is 1. The van der Waals surface area contributed by atoms with Crippen molar-refractivity contribution in [2.24, 2.45) is 0 Å². The van der Waals surface area contributed by atoms with Gasteiger partial charge in [0.25, 0.3) is 0 Å². The summed E-state index contributed by atoms with van der Waals surface area (Å²) in [6.45, 7) is 6.32. The van der Waals surface area contributed by atoms with Crippen molar-refractivity contribution < 1.29 is 13.8 Å². The second-order valence-corrected chi connectivity index (χ2v) is 6.06. The maximum absolute atomic E-state index is 11.9. The number of nitrogens with one attached hydrogen (secondary N) is 2. The Hall–Kier alpha value is -2.26. The molecule has 1 saturated heterocycles. The molecule has 3 heterocycles. The van der Waals surface area contributed by atoms with E-state index in [0.29, 0.717) is 29.8 Å². The standard InChI is InChI=1S/C15H22N6O3/c1-10-6-13(19-23-10)18-15(22)7-16-12-4-3-5-21(8-12)9-14-17-11(2)24-20-14/h6,12,16H,3-5,7-9H2,1-2H3,(H,18,19,22)/t12-/m0/s1. The lowest BCUT2D eigenvalue weighted by atomic mass is 10.1. The van der Waals surface area contributed by atoms with Crippen LogP contribution < -0.4 is 10.6 Å². The lowest BCUT2D eigenvalue weighted by molar-refractivity contribution is -0.115. The lowest BCUT2D eigenvalue weighted by Gasteiger charge is -2.32. The van der Waals surface area contributed by atoms with E-state index in [1.165, 1.54) is 0 Å². The first-order valence-electron chi connectivity index (χ1n) is 8.06. The molecule has 1 aliphatic heterocycles. The van der Waals surface area contributed by atoms with E-state index >= 15 is 0 Å². The fraction of sp³-hybridized carbons (Fsp3) is 0.600. The van der Waals surface area contributed by atoms with E-state index < -0.39 is 0 Å². The van der Waals surface area contributed by atoms with Crippen LogP contribution in [-0.4, -0.2) is 51.8 Å². The van der Waals surface area contributed by atoms with Gasteiger partial charge in [0.2, 0.25) is 11.8 Å². The maximum atomic E-state index is 11.9. The van der Waals surface area contributed by atoms with Gasteiger partial charge in [-0.1, -0.05) is 10.3 Å². The highest BCUT2D eigenvalue weighted by Gasteiger charge is 2.21. The van der Waals surface area contributed by atoms with Crippen molar-refractivity contribution >= 4 is 11.7 Å². The third-order valence-corrected chi connectivity index (χ3v) is 3.89. The monoisotopic (exact) mass is 334 g/mol. The van der Waals surface area contributed by atoms with Gasteiger partial charge >= 0.3 is 0 Å². The van der Waals surface area contributed by atoms with E-state index in [1.54, 1.807) is 19.9 Å². The van der Waals surface area contributed by atoms with Gasteiger partial charge in [0, 0.05) is 25.6 Å². The third kappa shape index (κ3) is 4.62. The van der Waals surface area contributed by atoms with E-state index in [1.807, 2.05) is 0 Å². The Balaban J connectivity index is 1.42. The minimum absolute atomic E-state index is 0.130. The highest BCUT2D eigenvalue weighted by molar-refractivity contribution is 5.91. The predicted molar refractivity (Wildman–Crippen MR) is 85.2 cm³/mol. The topological polar surface area (TPSA) is 109 Å². The summed E-state index contributed by atoms with van der Waals surface area (Å²) in [5.74, 6) is 2.26. The number of hydrogen-bond donors (Lipinski definition) is 2. The van der Waals surface area contributed by atoms with Crippen LogP contribution in [0, 0.1) is 13.8 Å². The van der Waals surface area contributed by atoms with Crippen LogP contribution >= 0.6 is 0 Å². The van der Waals surface area contributed by atoms with Crippen LogP contribution in [0.5, 0.6) is 0 Å². The van der Waals surface area contributed by atoms with Crippen LogP contribution in [0.2, 0.25) is 0 Å². The molecule has 9 nitrogen and oxygen atoms in total. The first kappa shape index (κ1) is 16.6. The Morgan fingerprint density at radius 2 is 2.25 bits per heavy atom. The van der Waals surface area contributed by atoms with Gasteiger partial charge < -0.3 is 19.7 Å². The smallest absolute Gasteiger partial charge is 0.239 e. The molecule has 1 atom stereocenters. The van der Waals surface area contributed by atoms with E-state index in [2.05, 4.69) is 30.8 Å². The first-order valence-corrected chi connectivity index (χ1v) is 8.06. The Labute approximate surface area is 139 Å². The van der Waals surface area contributed by atoms with Gasteiger partial charge in [0.05, 0.1) is 13.1 Å². The summed E-state index contributed by atoms with van der Waals surface area (Å²) in [7, 11) is 0. The van der Waals surface area contributed by atoms with Gasteiger partial charge in [0.15, 0.2) is 11.6 Å². The zero-order valence-electron chi connectivity index (χ0n) is 13.9. The molecule has 1 aliphatic rings. The largest absolute Gasteiger partial charge is 0.360 e. The number of carbonyl (C=O) groups excluding carboxylic acids is 1. The maximum Gasteiger partial charge on any atom is 0.239 e. The molecule has 0 spiro atoms. The molecule has 2 N–H and O–H groups in total. The lowest BCUT2D eigenvalue weighted by Crippen LogP contribution is -2.47. The summed E-state index contributed by atoms with van der Waals surface area (Å²) in [5.41, 5.74) is 0.